The average Bonchev–Trinajstić information content (AvgIpc) is 3.22. The third kappa shape index (κ3) is 4.14. The van der Waals surface area contributed by atoms with Crippen molar-refractivity contribution in [2.75, 3.05) is 31.1 Å². The molecule has 1 saturated heterocycles. The molecule has 4 heterocycles. The van der Waals surface area contributed by atoms with Gasteiger partial charge in [0.15, 0.2) is 6.10 Å². The summed E-state index contributed by atoms with van der Waals surface area (Å²) in [5.74, 6) is 0.785. The maximum Gasteiger partial charge on any atom is 0.267 e. The number of aryl methyl sites for hydroxylation is 1. The first-order valence-electron chi connectivity index (χ1n) is 11.3. The van der Waals surface area contributed by atoms with Crippen LogP contribution in [0.25, 0.3) is 22.0 Å². The molecule has 1 unspecified atom stereocenters. The van der Waals surface area contributed by atoms with E-state index in [1.54, 1.807) is 17.5 Å². The summed E-state index contributed by atoms with van der Waals surface area (Å²) in [5.41, 5.74) is 3.64. The Balaban J connectivity index is 1.45. The summed E-state index contributed by atoms with van der Waals surface area (Å²) in [5, 5.41) is 0.902. The van der Waals surface area contributed by atoms with E-state index in [-0.39, 0.29) is 5.91 Å². The second kappa shape index (κ2) is 9.00. The minimum absolute atomic E-state index is 0.0239. The second-order valence-corrected chi connectivity index (χ2v) is 9.68. The lowest BCUT2D eigenvalue weighted by Gasteiger charge is -2.35. The predicted octanol–water partition coefficient (Wildman–Crippen LogP) is 4.78. The van der Waals surface area contributed by atoms with Crippen LogP contribution in [-0.2, 0) is 4.79 Å². The van der Waals surface area contributed by atoms with Crippen LogP contribution < -0.4 is 9.64 Å². The highest BCUT2D eigenvalue weighted by Crippen LogP contribution is 2.39. The van der Waals surface area contributed by atoms with Crippen LogP contribution in [0.5, 0.6) is 5.75 Å². The van der Waals surface area contributed by atoms with Crippen molar-refractivity contribution >= 4 is 22.9 Å². The fraction of sp³-hybridized carbons (Fsp3) is 0.400. The van der Waals surface area contributed by atoms with Gasteiger partial charge in [0.1, 0.15) is 10.8 Å². The van der Waals surface area contributed by atoms with Crippen molar-refractivity contribution in [1.82, 2.24) is 14.9 Å². The lowest BCUT2D eigenvalue weighted by molar-refractivity contribution is -0.125. The van der Waals surface area contributed by atoms with Gasteiger partial charge in [0.05, 0.1) is 17.1 Å². The summed E-state index contributed by atoms with van der Waals surface area (Å²) < 4.78 is 5.93. The van der Waals surface area contributed by atoms with E-state index < -0.39 is 6.10 Å². The van der Waals surface area contributed by atoms with E-state index in [4.69, 9.17) is 9.72 Å². The largest absolute Gasteiger partial charge is 0.479 e. The van der Waals surface area contributed by atoms with Crippen molar-refractivity contribution in [3.63, 3.8) is 0 Å². The molecule has 1 atom stereocenters. The van der Waals surface area contributed by atoms with Crippen LogP contribution >= 0.6 is 11.3 Å². The molecule has 0 bridgehead atoms. The zero-order valence-electron chi connectivity index (χ0n) is 18.6. The summed E-state index contributed by atoms with van der Waals surface area (Å²) in [6.45, 7) is 7.72. The molecular formula is C25H28N4O2S. The number of aromatic nitrogens is 2. The molecule has 0 radical (unpaired) electrons. The molecule has 2 aliphatic heterocycles. The maximum atomic E-state index is 13.0. The minimum atomic E-state index is -0.466. The maximum absolute atomic E-state index is 13.0. The van der Waals surface area contributed by atoms with Gasteiger partial charge in [-0.1, -0.05) is 12.5 Å². The summed E-state index contributed by atoms with van der Waals surface area (Å²) in [4.78, 5) is 27.8. The van der Waals surface area contributed by atoms with E-state index in [2.05, 4.69) is 22.9 Å². The molecule has 1 aromatic carbocycles. The molecule has 3 aromatic rings. The van der Waals surface area contributed by atoms with Gasteiger partial charge in [0.2, 0.25) is 0 Å². The van der Waals surface area contributed by atoms with Crippen LogP contribution in [-0.4, -0.2) is 53.1 Å². The van der Waals surface area contributed by atoms with Crippen molar-refractivity contribution in [2.45, 2.75) is 39.2 Å². The summed E-state index contributed by atoms with van der Waals surface area (Å²) in [6.07, 6.45) is 5.12. The van der Waals surface area contributed by atoms with Gasteiger partial charge in [0.25, 0.3) is 5.91 Å². The molecule has 0 saturated carbocycles. The highest BCUT2D eigenvalue weighted by Gasteiger charge is 2.32. The molecule has 0 spiro atoms. The fourth-order valence-electron chi connectivity index (χ4n) is 4.47. The second-order valence-electron chi connectivity index (χ2n) is 8.47. The standard InChI is InChI=1S/C25H28N4O2S/c1-17-25(30)29(15-14-28-12-6-3-7-13-28)21-16-19(9-10-22(21)31-17)23-18(2)32-24(27-23)20-8-4-5-11-26-20/h4-5,8-11,16-17H,3,6-7,12-15H2,1-2H3. The number of thiazole rings is 1. The molecule has 1 fully saturated rings. The number of nitrogens with zero attached hydrogens (tertiary/aromatic N) is 4. The van der Waals surface area contributed by atoms with Gasteiger partial charge in [-0.3, -0.25) is 9.78 Å². The third-order valence-electron chi connectivity index (χ3n) is 6.21. The van der Waals surface area contributed by atoms with Crippen LogP contribution in [0.4, 0.5) is 5.69 Å². The Hall–Kier alpha value is -2.77. The van der Waals surface area contributed by atoms with Crippen molar-refractivity contribution in [3.8, 4) is 27.7 Å². The highest BCUT2D eigenvalue weighted by molar-refractivity contribution is 7.15. The fourth-order valence-corrected chi connectivity index (χ4v) is 5.38. The van der Waals surface area contributed by atoms with Crippen molar-refractivity contribution in [1.29, 1.82) is 0 Å². The number of carbonyl (C=O) groups is 1. The van der Waals surface area contributed by atoms with E-state index in [1.807, 2.05) is 42.2 Å². The average molecular weight is 449 g/mol. The summed E-state index contributed by atoms with van der Waals surface area (Å²) >= 11 is 1.64. The lowest BCUT2D eigenvalue weighted by atomic mass is 10.1. The minimum Gasteiger partial charge on any atom is -0.479 e. The zero-order valence-corrected chi connectivity index (χ0v) is 19.4. The topological polar surface area (TPSA) is 58.6 Å². The van der Waals surface area contributed by atoms with E-state index in [0.717, 1.165) is 57.9 Å². The quantitative estimate of drug-likeness (QED) is 0.562. The van der Waals surface area contributed by atoms with Crippen LogP contribution in [0.15, 0.2) is 42.6 Å². The van der Waals surface area contributed by atoms with E-state index in [1.165, 1.54) is 19.3 Å². The molecule has 0 N–H and O–H groups in total. The molecule has 32 heavy (non-hydrogen) atoms. The number of amides is 1. The Labute approximate surface area is 192 Å². The number of anilines is 1. The predicted molar refractivity (Wildman–Crippen MR) is 128 cm³/mol. The van der Waals surface area contributed by atoms with Gasteiger partial charge in [0, 0.05) is 29.7 Å². The number of hydrogen-bond acceptors (Lipinski definition) is 6. The molecule has 2 aliphatic rings. The number of fused-ring (bicyclic) bond motifs is 1. The van der Waals surface area contributed by atoms with Crippen molar-refractivity contribution in [3.05, 3.63) is 47.5 Å². The molecule has 5 rings (SSSR count). The number of pyridine rings is 1. The Morgan fingerprint density at radius 3 is 2.75 bits per heavy atom. The Morgan fingerprint density at radius 2 is 1.97 bits per heavy atom. The van der Waals surface area contributed by atoms with Crippen LogP contribution in [0.3, 0.4) is 0 Å². The Morgan fingerprint density at radius 1 is 1.12 bits per heavy atom. The monoisotopic (exact) mass is 448 g/mol. The number of piperidine rings is 1. The van der Waals surface area contributed by atoms with Crippen LogP contribution in [0, 0.1) is 6.92 Å². The first-order valence-corrected chi connectivity index (χ1v) is 12.2. The first kappa shape index (κ1) is 21.1. The van der Waals surface area contributed by atoms with Crippen LogP contribution in [0.2, 0.25) is 0 Å². The van der Waals surface area contributed by atoms with Crippen LogP contribution in [0.1, 0.15) is 31.1 Å². The smallest absolute Gasteiger partial charge is 0.267 e. The number of rotatable bonds is 5. The number of ether oxygens (including phenoxy) is 1. The van der Waals surface area contributed by atoms with Gasteiger partial charge in [-0.2, -0.15) is 0 Å². The van der Waals surface area contributed by atoms with Gasteiger partial charge in [-0.15, -0.1) is 11.3 Å². The molecular weight excluding hydrogens is 420 g/mol. The highest BCUT2D eigenvalue weighted by atomic mass is 32.1. The van der Waals surface area contributed by atoms with E-state index in [9.17, 15) is 4.79 Å². The van der Waals surface area contributed by atoms with E-state index in [0.29, 0.717) is 6.54 Å². The number of carbonyl (C=O) groups excluding carboxylic acids is 1. The molecule has 1 amide bonds. The normalized spacial score (nSPS) is 19.0. The molecule has 166 valence electrons. The first-order chi connectivity index (χ1) is 15.6. The third-order valence-corrected chi connectivity index (χ3v) is 7.20. The SMILES string of the molecule is Cc1sc(-c2ccccn2)nc1-c1ccc2c(c1)N(CCN1CCCCC1)C(=O)C(C)O2. The van der Waals surface area contributed by atoms with Gasteiger partial charge < -0.3 is 14.5 Å². The van der Waals surface area contributed by atoms with Gasteiger partial charge in [-0.05, 0) is 70.1 Å². The molecule has 7 heteroatoms. The molecule has 2 aromatic heterocycles. The zero-order chi connectivity index (χ0) is 22.1. The van der Waals surface area contributed by atoms with Gasteiger partial charge >= 0.3 is 0 Å². The van der Waals surface area contributed by atoms with E-state index >= 15 is 0 Å². The van der Waals surface area contributed by atoms with Gasteiger partial charge in [-0.25, -0.2) is 4.98 Å². The summed E-state index contributed by atoms with van der Waals surface area (Å²) in [7, 11) is 0. The number of likely N-dealkylation sites (tertiary alicyclic amines) is 1. The molecule has 6 nitrogen and oxygen atoms in total. The van der Waals surface area contributed by atoms with Crippen molar-refractivity contribution < 1.29 is 9.53 Å². The number of hydrogen-bond donors (Lipinski definition) is 0. The van der Waals surface area contributed by atoms with Crippen molar-refractivity contribution in [2.24, 2.45) is 0 Å². The summed E-state index contributed by atoms with van der Waals surface area (Å²) in [6, 6.07) is 11.9. The Bertz CT molecular complexity index is 1110. The molecule has 0 aliphatic carbocycles. The number of benzene rings is 1. The Kier molecular flexibility index (Phi) is 5.93. The lowest BCUT2D eigenvalue weighted by Crippen LogP contribution is -2.48.